The van der Waals surface area contributed by atoms with Gasteiger partial charge in [0.15, 0.2) is 6.29 Å². The molecule has 0 atom stereocenters. The van der Waals surface area contributed by atoms with E-state index in [1.54, 1.807) is 22.7 Å². The molecule has 0 aliphatic carbocycles. The quantitative estimate of drug-likeness (QED) is 0.837. The van der Waals surface area contributed by atoms with E-state index < -0.39 is 0 Å². The Morgan fingerprint density at radius 1 is 1.25 bits per heavy atom. The molecular weight excluding hydrogens is 344 g/mol. The highest BCUT2D eigenvalue weighted by Crippen LogP contribution is 2.29. The number of thiazole rings is 1. The summed E-state index contributed by atoms with van der Waals surface area (Å²) in [6.45, 7) is 2.96. The highest BCUT2D eigenvalue weighted by atomic mass is 32.1. The van der Waals surface area contributed by atoms with Crippen LogP contribution in [0.25, 0.3) is 9.88 Å². The minimum atomic E-state index is -0.0610. The molecule has 2 aliphatic heterocycles. The molecule has 24 heavy (non-hydrogen) atoms. The second-order valence-electron chi connectivity index (χ2n) is 6.13. The van der Waals surface area contributed by atoms with E-state index in [0.717, 1.165) is 41.5 Å². The van der Waals surface area contributed by atoms with Gasteiger partial charge in [0, 0.05) is 24.4 Å². The summed E-state index contributed by atoms with van der Waals surface area (Å²) in [7, 11) is 0. The molecule has 2 aromatic heterocycles. The number of nitrogens with zero attached hydrogens (tertiary/aromatic N) is 2. The molecule has 0 aromatic carbocycles. The van der Waals surface area contributed by atoms with Gasteiger partial charge in [-0.15, -0.1) is 22.7 Å². The lowest BCUT2D eigenvalue weighted by atomic mass is 9.96. The van der Waals surface area contributed by atoms with Gasteiger partial charge in [-0.2, -0.15) is 0 Å². The van der Waals surface area contributed by atoms with Crippen LogP contribution >= 0.6 is 22.7 Å². The number of amides is 1. The number of rotatable bonds is 4. The van der Waals surface area contributed by atoms with E-state index in [2.05, 4.69) is 11.1 Å². The number of carbonyl (C=O) groups is 1. The van der Waals surface area contributed by atoms with E-state index >= 15 is 0 Å². The zero-order valence-electron chi connectivity index (χ0n) is 13.3. The normalized spacial score (nSPS) is 19.9. The predicted octanol–water partition coefficient (Wildman–Crippen LogP) is 3.03. The molecule has 1 amide bonds. The Hall–Kier alpha value is -1.28. The van der Waals surface area contributed by atoms with Crippen molar-refractivity contribution in [2.24, 2.45) is 5.92 Å². The lowest BCUT2D eigenvalue weighted by Crippen LogP contribution is -2.42. The average molecular weight is 364 g/mol. The summed E-state index contributed by atoms with van der Waals surface area (Å²) in [5.74, 6) is 0.589. The maximum atomic E-state index is 12.5. The molecule has 0 radical (unpaired) electrons. The van der Waals surface area contributed by atoms with E-state index in [1.807, 2.05) is 21.7 Å². The SMILES string of the molecule is O=C(Cc1csc(-c2cccs2)n1)N1CCC(C2OCCO2)CC1. The van der Waals surface area contributed by atoms with Crippen molar-refractivity contribution in [1.82, 2.24) is 9.88 Å². The second kappa shape index (κ2) is 7.31. The van der Waals surface area contributed by atoms with Crippen LogP contribution < -0.4 is 0 Å². The van der Waals surface area contributed by atoms with E-state index in [1.165, 1.54) is 0 Å². The summed E-state index contributed by atoms with van der Waals surface area (Å²) in [6.07, 6.45) is 2.24. The topological polar surface area (TPSA) is 51.7 Å². The monoisotopic (exact) mass is 364 g/mol. The maximum Gasteiger partial charge on any atom is 0.228 e. The third kappa shape index (κ3) is 3.54. The second-order valence-corrected chi connectivity index (χ2v) is 7.93. The summed E-state index contributed by atoms with van der Waals surface area (Å²) < 4.78 is 11.2. The highest BCUT2D eigenvalue weighted by Gasteiger charge is 2.31. The first-order valence-electron chi connectivity index (χ1n) is 8.29. The van der Waals surface area contributed by atoms with Crippen molar-refractivity contribution >= 4 is 28.6 Å². The Morgan fingerprint density at radius 2 is 2.04 bits per heavy atom. The van der Waals surface area contributed by atoms with E-state index in [9.17, 15) is 4.79 Å². The molecule has 2 aliphatic rings. The van der Waals surface area contributed by atoms with Gasteiger partial charge in [-0.25, -0.2) is 4.98 Å². The first-order chi connectivity index (χ1) is 11.8. The van der Waals surface area contributed by atoms with Crippen LogP contribution in [0.15, 0.2) is 22.9 Å². The molecule has 4 heterocycles. The number of hydrogen-bond acceptors (Lipinski definition) is 6. The van der Waals surface area contributed by atoms with Crippen LogP contribution in [0, 0.1) is 5.92 Å². The van der Waals surface area contributed by atoms with Crippen LogP contribution in [0.3, 0.4) is 0 Å². The molecule has 5 nitrogen and oxygen atoms in total. The van der Waals surface area contributed by atoms with Gasteiger partial charge in [0.25, 0.3) is 0 Å². The fourth-order valence-electron chi connectivity index (χ4n) is 3.24. The number of thiophene rings is 1. The lowest BCUT2D eigenvalue weighted by Gasteiger charge is -2.33. The summed E-state index contributed by atoms with van der Waals surface area (Å²) in [6, 6.07) is 4.08. The minimum absolute atomic E-state index is 0.0610. The largest absolute Gasteiger partial charge is 0.350 e. The van der Waals surface area contributed by atoms with Crippen molar-refractivity contribution in [3.63, 3.8) is 0 Å². The Labute approximate surface area is 149 Å². The third-order valence-corrected chi connectivity index (χ3v) is 6.47. The Balaban J connectivity index is 1.30. The Morgan fingerprint density at radius 3 is 2.75 bits per heavy atom. The predicted molar refractivity (Wildman–Crippen MR) is 94.1 cm³/mol. The van der Waals surface area contributed by atoms with Crippen molar-refractivity contribution < 1.29 is 14.3 Å². The standard InChI is InChI=1S/C17H20N2O3S2/c20-15(10-13-11-24-16(18-13)14-2-1-9-23-14)19-5-3-12(4-6-19)17-21-7-8-22-17/h1-2,9,11-12,17H,3-8,10H2. The number of carbonyl (C=O) groups excluding carboxylic acids is 1. The number of ether oxygens (including phenoxy) is 2. The maximum absolute atomic E-state index is 12.5. The number of likely N-dealkylation sites (tertiary alicyclic amines) is 1. The van der Waals surface area contributed by atoms with Crippen LogP contribution in [0.4, 0.5) is 0 Å². The van der Waals surface area contributed by atoms with E-state index in [0.29, 0.717) is 25.6 Å². The minimum Gasteiger partial charge on any atom is -0.350 e. The van der Waals surface area contributed by atoms with Gasteiger partial charge < -0.3 is 14.4 Å². The lowest BCUT2D eigenvalue weighted by molar-refractivity contribution is -0.136. The molecular formula is C17H20N2O3S2. The molecule has 0 saturated carbocycles. The first-order valence-corrected chi connectivity index (χ1v) is 10.0. The van der Waals surface area contributed by atoms with Crippen molar-refractivity contribution in [2.75, 3.05) is 26.3 Å². The van der Waals surface area contributed by atoms with Crippen LogP contribution in [0.2, 0.25) is 0 Å². The molecule has 128 valence electrons. The number of piperidine rings is 1. The van der Waals surface area contributed by atoms with Gasteiger partial charge in [-0.3, -0.25) is 4.79 Å². The van der Waals surface area contributed by atoms with Crippen LogP contribution in [-0.4, -0.2) is 48.4 Å². The molecule has 0 unspecified atom stereocenters. The summed E-state index contributed by atoms with van der Waals surface area (Å²) >= 11 is 3.29. The van der Waals surface area contributed by atoms with Gasteiger partial charge in [-0.1, -0.05) is 6.07 Å². The first kappa shape index (κ1) is 16.2. The highest BCUT2D eigenvalue weighted by molar-refractivity contribution is 7.20. The molecule has 4 rings (SSSR count). The van der Waals surface area contributed by atoms with Crippen molar-refractivity contribution in [3.8, 4) is 9.88 Å². The van der Waals surface area contributed by atoms with Gasteiger partial charge in [0.05, 0.1) is 30.2 Å². The fourth-order valence-corrected chi connectivity index (χ4v) is 4.87. The Bertz CT molecular complexity index is 672. The van der Waals surface area contributed by atoms with Crippen LogP contribution in [-0.2, 0) is 20.7 Å². The fraction of sp³-hybridized carbons (Fsp3) is 0.529. The number of hydrogen-bond donors (Lipinski definition) is 0. The van der Waals surface area contributed by atoms with Gasteiger partial charge in [0.1, 0.15) is 5.01 Å². The molecule has 2 saturated heterocycles. The third-order valence-electron chi connectivity index (χ3n) is 4.54. The summed E-state index contributed by atoms with van der Waals surface area (Å²) in [4.78, 5) is 20.2. The van der Waals surface area contributed by atoms with Gasteiger partial charge >= 0.3 is 0 Å². The van der Waals surface area contributed by atoms with Crippen LogP contribution in [0.5, 0.6) is 0 Å². The van der Waals surface area contributed by atoms with Crippen LogP contribution in [0.1, 0.15) is 18.5 Å². The molecule has 2 fully saturated rings. The molecule has 7 heteroatoms. The number of aromatic nitrogens is 1. The average Bonchev–Trinajstić information content (AvgIpc) is 3.36. The zero-order chi connectivity index (χ0) is 16.4. The zero-order valence-corrected chi connectivity index (χ0v) is 15.0. The molecule has 0 N–H and O–H groups in total. The van der Waals surface area contributed by atoms with E-state index in [-0.39, 0.29) is 12.2 Å². The summed E-state index contributed by atoms with van der Waals surface area (Å²) in [5.41, 5.74) is 0.873. The van der Waals surface area contributed by atoms with Crippen molar-refractivity contribution in [3.05, 3.63) is 28.6 Å². The molecule has 2 aromatic rings. The smallest absolute Gasteiger partial charge is 0.228 e. The molecule has 0 bridgehead atoms. The summed E-state index contributed by atoms with van der Waals surface area (Å²) in [5, 5.41) is 5.05. The van der Waals surface area contributed by atoms with Crippen molar-refractivity contribution in [1.29, 1.82) is 0 Å². The van der Waals surface area contributed by atoms with Gasteiger partial charge in [-0.05, 0) is 24.3 Å². The van der Waals surface area contributed by atoms with Gasteiger partial charge in [0.2, 0.25) is 5.91 Å². The molecule has 0 spiro atoms. The van der Waals surface area contributed by atoms with Crippen molar-refractivity contribution in [2.45, 2.75) is 25.6 Å². The van der Waals surface area contributed by atoms with E-state index in [4.69, 9.17) is 9.47 Å². The Kier molecular flexibility index (Phi) is 4.93.